The van der Waals surface area contributed by atoms with Crippen molar-refractivity contribution in [3.63, 3.8) is 0 Å². The molecule has 1 N–H and O–H groups in total. The third kappa shape index (κ3) is 3.62. The van der Waals surface area contributed by atoms with Crippen LogP contribution in [0.5, 0.6) is 0 Å². The van der Waals surface area contributed by atoms with Gasteiger partial charge in [0.15, 0.2) is 0 Å². The maximum atomic E-state index is 11.3. The van der Waals surface area contributed by atoms with Crippen molar-refractivity contribution in [1.29, 1.82) is 0 Å². The maximum absolute atomic E-state index is 11.3. The minimum atomic E-state index is -0.299. The van der Waals surface area contributed by atoms with Crippen LogP contribution < -0.4 is 5.32 Å². The summed E-state index contributed by atoms with van der Waals surface area (Å²) in [4.78, 5) is 14.5. The third-order valence-corrected chi connectivity index (χ3v) is 4.78. The van der Waals surface area contributed by atoms with Gasteiger partial charge in [-0.1, -0.05) is 11.6 Å². The summed E-state index contributed by atoms with van der Waals surface area (Å²) in [6.45, 7) is 8.64. The van der Waals surface area contributed by atoms with Crippen molar-refractivity contribution in [3.8, 4) is 0 Å². The maximum Gasteiger partial charge on any atom is 0.292 e. The molecule has 0 aliphatic carbocycles. The van der Waals surface area contributed by atoms with Gasteiger partial charge in [0.2, 0.25) is 0 Å². The Morgan fingerprint density at radius 2 is 2.27 bits per heavy atom. The molecule has 6 heteroatoms. The lowest BCUT2D eigenvalue weighted by Crippen LogP contribution is -2.35. The molecule has 0 aromatic heterocycles. The van der Waals surface area contributed by atoms with Crippen molar-refractivity contribution >= 4 is 23.1 Å². The lowest BCUT2D eigenvalue weighted by atomic mass is 10.1. The Kier molecular flexibility index (Phi) is 5.47. The van der Waals surface area contributed by atoms with Crippen molar-refractivity contribution in [3.05, 3.63) is 39.5 Å². The van der Waals surface area contributed by atoms with Gasteiger partial charge in [-0.3, -0.25) is 15.0 Å². The van der Waals surface area contributed by atoms with E-state index in [1.54, 1.807) is 17.8 Å². The van der Waals surface area contributed by atoms with Gasteiger partial charge in [0.05, 0.1) is 4.92 Å². The number of thioether (sulfide) groups is 1. The van der Waals surface area contributed by atoms with Crippen molar-refractivity contribution in [2.24, 2.45) is 0 Å². The van der Waals surface area contributed by atoms with Gasteiger partial charge in [-0.05, 0) is 33.1 Å². The summed E-state index contributed by atoms with van der Waals surface area (Å²) < 4.78 is 0. The fourth-order valence-electron chi connectivity index (χ4n) is 2.60. The van der Waals surface area contributed by atoms with E-state index in [0.29, 0.717) is 18.3 Å². The van der Waals surface area contributed by atoms with Crippen LogP contribution >= 0.6 is 11.8 Å². The van der Waals surface area contributed by atoms with Crippen molar-refractivity contribution in [2.75, 3.05) is 24.7 Å². The number of rotatable bonds is 4. The molecular weight excluding hydrogens is 298 g/mol. The van der Waals surface area contributed by atoms with Gasteiger partial charge in [0.1, 0.15) is 5.69 Å². The Labute approximate surface area is 135 Å². The first-order valence-corrected chi connectivity index (χ1v) is 8.62. The quantitative estimate of drug-likeness (QED) is 0.394. The van der Waals surface area contributed by atoms with Crippen LogP contribution in [0.15, 0.2) is 28.7 Å². The van der Waals surface area contributed by atoms with Crippen LogP contribution in [0.4, 0.5) is 11.4 Å². The number of nitrogens with zero attached hydrogens (tertiary/aromatic N) is 2. The lowest BCUT2D eigenvalue weighted by Gasteiger charge is -2.25. The van der Waals surface area contributed by atoms with E-state index in [1.807, 2.05) is 12.3 Å². The molecule has 0 fully saturated rings. The molecule has 1 aliphatic rings. The zero-order valence-electron chi connectivity index (χ0n) is 13.5. The molecule has 0 unspecified atom stereocenters. The van der Waals surface area contributed by atoms with E-state index < -0.39 is 0 Å². The number of nitro benzene ring substituents is 1. The molecule has 0 radical (unpaired) electrons. The van der Waals surface area contributed by atoms with E-state index in [0.717, 1.165) is 23.5 Å². The molecular formula is C16H23N3O2S. The van der Waals surface area contributed by atoms with Crippen LogP contribution in [0, 0.1) is 10.1 Å². The molecule has 0 saturated heterocycles. The second-order valence-corrected chi connectivity index (χ2v) is 6.69. The average Bonchev–Trinajstić information content (AvgIpc) is 2.63. The van der Waals surface area contributed by atoms with E-state index in [4.69, 9.17) is 0 Å². The molecule has 5 nitrogen and oxygen atoms in total. The highest BCUT2D eigenvalue weighted by Crippen LogP contribution is 2.37. The lowest BCUT2D eigenvalue weighted by molar-refractivity contribution is -0.384. The Morgan fingerprint density at radius 1 is 1.55 bits per heavy atom. The summed E-state index contributed by atoms with van der Waals surface area (Å²) in [5, 5.41) is 14.6. The molecule has 1 aromatic carbocycles. The molecule has 0 spiro atoms. The first-order valence-electron chi connectivity index (χ1n) is 7.39. The van der Waals surface area contributed by atoms with E-state index in [1.165, 1.54) is 5.57 Å². The number of nitro groups is 1. The normalized spacial score (nSPS) is 18.1. The Balaban J connectivity index is 2.43. The highest BCUT2D eigenvalue weighted by atomic mass is 32.2. The minimum Gasteiger partial charge on any atom is -0.378 e. The van der Waals surface area contributed by atoms with Gasteiger partial charge < -0.3 is 5.32 Å². The summed E-state index contributed by atoms with van der Waals surface area (Å²) in [6.07, 6.45) is 4.22. The number of nitrogens with one attached hydrogen (secondary N) is 1. The standard InChI is InChI=1S/C16H23N3O2S/c1-11(2)7-8-18-10-13-15(22-4)6-5-14(19(20)21)16(13)17-9-12(18)3/h5-7,12,17H,8-10H2,1-4H3/t12-/m0/s1. The van der Waals surface area contributed by atoms with E-state index in [-0.39, 0.29) is 10.6 Å². The molecule has 1 aromatic rings. The van der Waals surface area contributed by atoms with Crippen LogP contribution in [0.2, 0.25) is 0 Å². The van der Waals surface area contributed by atoms with Gasteiger partial charge in [0, 0.05) is 42.2 Å². The number of hydrogen-bond acceptors (Lipinski definition) is 5. The Morgan fingerprint density at radius 3 is 2.86 bits per heavy atom. The second-order valence-electron chi connectivity index (χ2n) is 5.84. The molecule has 1 aliphatic heterocycles. The van der Waals surface area contributed by atoms with Crippen LogP contribution in [0.3, 0.4) is 0 Å². The molecule has 2 rings (SSSR count). The summed E-state index contributed by atoms with van der Waals surface area (Å²) >= 11 is 1.64. The fourth-order valence-corrected chi connectivity index (χ4v) is 3.21. The molecule has 0 bridgehead atoms. The number of hydrogen-bond donors (Lipinski definition) is 1. The van der Waals surface area contributed by atoms with Crippen molar-refractivity contribution in [2.45, 2.75) is 38.3 Å². The number of anilines is 1. The van der Waals surface area contributed by atoms with Gasteiger partial charge in [0.25, 0.3) is 5.69 Å². The number of allylic oxidation sites excluding steroid dienone is 1. The van der Waals surface area contributed by atoms with Gasteiger partial charge in [-0.2, -0.15) is 0 Å². The van der Waals surface area contributed by atoms with Crippen LogP contribution in [-0.2, 0) is 6.54 Å². The minimum absolute atomic E-state index is 0.170. The van der Waals surface area contributed by atoms with E-state index in [9.17, 15) is 10.1 Å². The van der Waals surface area contributed by atoms with E-state index in [2.05, 4.69) is 37.1 Å². The summed E-state index contributed by atoms with van der Waals surface area (Å²) in [6, 6.07) is 3.78. The number of fused-ring (bicyclic) bond motifs is 1. The van der Waals surface area contributed by atoms with Crippen molar-refractivity contribution < 1.29 is 4.92 Å². The Hall–Kier alpha value is -1.53. The molecule has 22 heavy (non-hydrogen) atoms. The molecule has 120 valence electrons. The second kappa shape index (κ2) is 7.15. The number of benzene rings is 1. The van der Waals surface area contributed by atoms with Gasteiger partial charge in [-0.15, -0.1) is 11.8 Å². The fraction of sp³-hybridized carbons (Fsp3) is 0.500. The SMILES string of the molecule is CSc1ccc([N+](=O)[O-])c2c1CN(CC=C(C)C)[C@@H](C)CN2. The molecule has 1 atom stereocenters. The predicted molar refractivity (Wildman–Crippen MR) is 92.7 cm³/mol. The highest BCUT2D eigenvalue weighted by Gasteiger charge is 2.27. The Bertz CT molecular complexity index is 597. The topological polar surface area (TPSA) is 58.4 Å². The molecule has 0 amide bonds. The first kappa shape index (κ1) is 16.8. The van der Waals surface area contributed by atoms with Crippen LogP contribution in [0.1, 0.15) is 26.3 Å². The largest absolute Gasteiger partial charge is 0.378 e. The first-order chi connectivity index (χ1) is 10.4. The summed E-state index contributed by atoms with van der Waals surface area (Å²) in [7, 11) is 0. The summed E-state index contributed by atoms with van der Waals surface area (Å²) in [5.74, 6) is 0. The smallest absolute Gasteiger partial charge is 0.292 e. The average molecular weight is 321 g/mol. The van der Waals surface area contributed by atoms with Crippen LogP contribution in [0.25, 0.3) is 0 Å². The van der Waals surface area contributed by atoms with Gasteiger partial charge >= 0.3 is 0 Å². The monoisotopic (exact) mass is 321 g/mol. The zero-order chi connectivity index (χ0) is 16.3. The van der Waals surface area contributed by atoms with E-state index >= 15 is 0 Å². The summed E-state index contributed by atoms with van der Waals surface area (Å²) in [5.41, 5.74) is 3.18. The van der Waals surface area contributed by atoms with Crippen molar-refractivity contribution in [1.82, 2.24) is 4.90 Å². The molecule has 0 saturated carbocycles. The third-order valence-electron chi connectivity index (χ3n) is 3.96. The highest BCUT2D eigenvalue weighted by molar-refractivity contribution is 7.98. The predicted octanol–water partition coefficient (Wildman–Crippen LogP) is 3.90. The molecule has 1 heterocycles. The van der Waals surface area contributed by atoms with Gasteiger partial charge in [-0.25, -0.2) is 0 Å². The van der Waals surface area contributed by atoms with Crippen LogP contribution in [-0.4, -0.2) is 35.2 Å². The zero-order valence-corrected chi connectivity index (χ0v) is 14.4.